The van der Waals surface area contributed by atoms with Crippen molar-refractivity contribution in [3.8, 4) is 11.5 Å². The van der Waals surface area contributed by atoms with Crippen molar-refractivity contribution in [3.63, 3.8) is 0 Å². The predicted octanol–water partition coefficient (Wildman–Crippen LogP) is 0.0572. The molecule has 0 aliphatic rings. The molecule has 1 atom stereocenters. The number of benzene rings is 1. The highest BCUT2D eigenvalue weighted by Gasteiger charge is 2.16. The van der Waals surface area contributed by atoms with Gasteiger partial charge in [0.15, 0.2) is 11.5 Å². The van der Waals surface area contributed by atoms with Gasteiger partial charge in [-0.1, -0.05) is 6.07 Å². The Kier molecular flexibility index (Phi) is 4.27. The number of phenols is 2. The molecule has 0 aromatic heterocycles. The molecule has 0 saturated carbocycles. The second-order valence-corrected chi connectivity index (χ2v) is 3.21. The molecule has 0 spiro atoms. The zero-order valence-electron chi connectivity index (χ0n) is 8.98. The minimum Gasteiger partial charge on any atom is -0.504 e. The SMILES string of the molecule is O=C(/C=C/c1ccc(O)c(O)c1)OC(O)C(=O)O. The van der Waals surface area contributed by atoms with E-state index in [0.29, 0.717) is 5.56 Å². The van der Waals surface area contributed by atoms with E-state index in [0.717, 1.165) is 6.08 Å². The second kappa shape index (κ2) is 5.69. The fraction of sp³-hybridized carbons (Fsp3) is 0.0909. The Morgan fingerprint density at radius 2 is 1.89 bits per heavy atom. The predicted molar refractivity (Wildman–Crippen MR) is 58.5 cm³/mol. The molecule has 7 nitrogen and oxygen atoms in total. The van der Waals surface area contributed by atoms with E-state index in [4.69, 9.17) is 20.4 Å². The molecular formula is C11H10O7. The van der Waals surface area contributed by atoms with E-state index in [2.05, 4.69) is 4.74 Å². The fourth-order valence-corrected chi connectivity index (χ4v) is 1.01. The van der Waals surface area contributed by atoms with Gasteiger partial charge in [0, 0.05) is 6.08 Å². The molecule has 0 aliphatic carbocycles. The number of aliphatic hydroxyl groups is 1. The minimum absolute atomic E-state index is 0.309. The highest BCUT2D eigenvalue weighted by molar-refractivity contribution is 5.88. The minimum atomic E-state index is -2.23. The van der Waals surface area contributed by atoms with Crippen molar-refractivity contribution in [3.05, 3.63) is 29.8 Å². The van der Waals surface area contributed by atoms with Crippen molar-refractivity contribution in [1.29, 1.82) is 0 Å². The number of hydrogen-bond acceptors (Lipinski definition) is 6. The van der Waals surface area contributed by atoms with E-state index < -0.39 is 18.2 Å². The van der Waals surface area contributed by atoms with Gasteiger partial charge in [-0.2, -0.15) is 0 Å². The molecule has 1 rings (SSSR count). The zero-order valence-corrected chi connectivity index (χ0v) is 8.98. The molecule has 0 fully saturated rings. The van der Waals surface area contributed by atoms with E-state index in [1.165, 1.54) is 24.3 Å². The van der Waals surface area contributed by atoms with Gasteiger partial charge in [0.25, 0.3) is 6.29 Å². The Bertz CT molecular complexity index is 492. The third-order valence-corrected chi connectivity index (χ3v) is 1.85. The number of aliphatic hydroxyl groups excluding tert-OH is 1. The Hall–Kier alpha value is -2.54. The summed E-state index contributed by atoms with van der Waals surface area (Å²) >= 11 is 0. The van der Waals surface area contributed by atoms with Crippen molar-refractivity contribution in [2.24, 2.45) is 0 Å². The summed E-state index contributed by atoms with van der Waals surface area (Å²) in [7, 11) is 0. The van der Waals surface area contributed by atoms with Crippen LogP contribution in [-0.4, -0.2) is 38.7 Å². The van der Waals surface area contributed by atoms with Gasteiger partial charge in [-0.15, -0.1) is 0 Å². The average Bonchev–Trinajstić information content (AvgIpc) is 2.30. The molecule has 1 aromatic rings. The molecule has 0 bridgehead atoms. The number of carbonyl (C=O) groups excluding carboxylic acids is 1. The number of hydrogen-bond donors (Lipinski definition) is 4. The van der Waals surface area contributed by atoms with Crippen LogP contribution >= 0.6 is 0 Å². The van der Waals surface area contributed by atoms with Crippen LogP contribution in [0.15, 0.2) is 24.3 Å². The Morgan fingerprint density at radius 3 is 2.44 bits per heavy atom. The molecule has 1 unspecified atom stereocenters. The van der Waals surface area contributed by atoms with Gasteiger partial charge in [-0.25, -0.2) is 9.59 Å². The summed E-state index contributed by atoms with van der Waals surface area (Å²) in [5.41, 5.74) is 0.382. The van der Waals surface area contributed by atoms with Crippen LogP contribution in [0.1, 0.15) is 5.56 Å². The van der Waals surface area contributed by atoms with E-state index in [9.17, 15) is 9.59 Å². The second-order valence-electron chi connectivity index (χ2n) is 3.21. The van der Waals surface area contributed by atoms with Crippen LogP contribution in [0.3, 0.4) is 0 Å². The zero-order chi connectivity index (χ0) is 13.7. The summed E-state index contributed by atoms with van der Waals surface area (Å²) in [6.07, 6.45) is -0.135. The van der Waals surface area contributed by atoms with Crippen LogP contribution < -0.4 is 0 Å². The lowest BCUT2D eigenvalue weighted by Gasteiger charge is -2.04. The Morgan fingerprint density at radius 1 is 1.22 bits per heavy atom. The lowest BCUT2D eigenvalue weighted by atomic mass is 10.2. The maximum atomic E-state index is 11.0. The standard InChI is InChI=1S/C11H10O7/c12-7-3-1-6(5-8(7)13)2-4-9(14)18-11(17)10(15)16/h1-5,11-13,17H,(H,15,16)/b4-2+. The summed E-state index contributed by atoms with van der Waals surface area (Å²) in [6.45, 7) is 0. The van der Waals surface area contributed by atoms with Gasteiger partial charge in [-0.05, 0) is 23.8 Å². The Balaban J connectivity index is 2.66. The van der Waals surface area contributed by atoms with Crippen LogP contribution in [0.25, 0.3) is 6.08 Å². The average molecular weight is 254 g/mol. The maximum absolute atomic E-state index is 11.0. The lowest BCUT2D eigenvalue weighted by Crippen LogP contribution is -2.25. The Labute approximate surface area is 101 Å². The maximum Gasteiger partial charge on any atom is 0.373 e. The van der Waals surface area contributed by atoms with Crippen LogP contribution in [0.2, 0.25) is 0 Å². The molecule has 1 aromatic carbocycles. The van der Waals surface area contributed by atoms with Gasteiger partial charge < -0.3 is 25.2 Å². The number of ether oxygens (including phenoxy) is 1. The normalized spacial score (nSPS) is 12.3. The molecule has 7 heteroatoms. The summed E-state index contributed by atoms with van der Waals surface area (Å²) in [5, 5.41) is 35.2. The van der Waals surface area contributed by atoms with Crippen LogP contribution in [0, 0.1) is 0 Å². The van der Waals surface area contributed by atoms with E-state index in [1.54, 1.807) is 0 Å². The lowest BCUT2D eigenvalue weighted by molar-refractivity contribution is -0.183. The first-order valence-corrected chi connectivity index (χ1v) is 4.71. The van der Waals surface area contributed by atoms with Gasteiger partial charge in [0.2, 0.25) is 0 Å². The molecule has 96 valence electrons. The molecule has 0 amide bonds. The largest absolute Gasteiger partial charge is 0.504 e. The van der Waals surface area contributed by atoms with Gasteiger partial charge in [0.1, 0.15) is 0 Å². The molecule has 18 heavy (non-hydrogen) atoms. The van der Waals surface area contributed by atoms with Crippen molar-refractivity contribution in [2.75, 3.05) is 0 Å². The number of aliphatic carboxylic acids is 1. The molecule has 0 radical (unpaired) electrons. The van der Waals surface area contributed by atoms with Gasteiger partial charge in [0.05, 0.1) is 0 Å². The summed E-state index contributed by atoms with van der Waals surface area (Å²) in [5.74, 6) is -3.41. The van der Waals surface area contributed by atoms with Gasteiger partial charge in [-0.3, -0.25) is 0 Å². The summed E-state index contributed by atoms with van der Waals surface area (Å²) < 4.78 is 4.11. The first-order chi connectivity index (χ1) is 8.40. The highest BCUT2D eigenvalue weighted by Crippen LogP contribution is 2.25. The number of phenolic OH excluding ortho intramolecular Hbond substituents is 2. The molecule has 4 N–H and O–H groups in total. The highest BCUT2D eigenvalue weighted by atomic mass is 16.7. The summed E-state index contributed by atoms with van der Waals surface area (Å²) in [6, 6.07) is 3.81. The first kappa shape index (κ1) is 13.5. The molecule has 0 heterocycles. The van der Waals surface area contributed by atoms with Crippen molar-refractivity contribution in [1.82, 2.24) is 0 Å². The fourth-order valence-electron chi connectivity index (χ4n) is 1.01. The van der Waals surface area contributed by atoms with E-state index in [1.807, 2.05) is 0 Å². The number of esters is 1. The molecule has 0 aliphatic heterocycles. The number of carboxylic acid groups (broad SMARTS) is 1. The smallest absolute Gasteiger partial charge is 0.373 e. The topological polar surface area (TPSA) is 124 Å². The monoisotopic (exact) mass is 254 g/mol. The number of carboxylic acids is 1. The third-order valence-electron chi connectivity index (χ3n) is 1.85. The van der Waals surface area contributed by atoms with Crippen LogP contribution in [0.4, 0.5) is 0 Å². The van der Waals surface area contributed by atoms with E-state index >= 15 is 0 Å². The van der Waals surface area contributed by atoms with Gasteiger partial charge >= 0.3 is 11.9 Å². The van der Waals surface area contributed by atoms with Crippen LogP contribution in [-0.2, 0) is 14.3 Å². The van der Waals surface area contributed by atoms with Crippen molar-refractivity contribution < 1.29 is 34.8 Å². The van der Waals surface area contributed by atoms with Crippen molar-refractivity contribution in [2.45, 2.75) is 6.29 Å². The quantitative estimate of drug-likeness (QED) is 0.259. The number of rotatable bonds is 4. The van der Waals surface area contributed by atoms with Crippen LogP contribution in [0.5, 0.6) is 11.5 Å². The number of carbonyl (C=O) groups is 2. The first-order valence-electron chi connectivity index (χ1n) is 4.71. The van der Waals surface area contributed by atoms with Crippen molar-refractivity contribution >= 4 is 18.0 Å². The number of aromatic hydroxyl groups is 2. The summed E-state index contributed by atoms with van der Waals surface area (Å²) in [4.78, 5) is 21.2. The third kappa shape index (κ3) is 3.80. The molecule has 0 saturated heterocycles. The van der Waals surface area contributed by atoms with E-state index in [-0.39, 0.29) is 11.5 Å². The molecular weight excluding hydrogens is 244 g/mol.